The van der Waals surface area contributed by atoms with Gasteiger partial charge in [0.1, 0.15) is 11.6 Å². The highest BCUT2D eigenvalue weighted by atomic mass is 16.1. The highest BCUT2D eigenvalue weighted by molar-refractivity contribution is 5.73. The molecule has 1 aromatic rings. The molecule has 14 heavy (non-hydrogen) atoms. The van der Waals surface area contributed by atoms with E-state index in [0.29, 0.717) is 19.5 Å². The first kappa shape index (κ1) is 10.6. The molecule has 78 valence electrons. The first-order valence-electron chi connectivity index (χ1n) is 4.45. The van der Waals surface area contributed by atoms with E-state index in [2.05, 4.69) is 15.5 Å². The van der Waals surface area contributed by atoms with Gasteiger partial charge in [0.05, 0.1) is 6.54 Å². The number of rotatable bonds is 5. The molecule has 1 aromatic heterocycles. The molecule has 3 N–H and O–H groups in total. The van der Waals surface area contributed by atoms with E-state index in [0.717, 1.165) is 11.6 Å². The van der Waals surface area contributed by atoms with Gasteiger partial charge in [-0.2, -0.15) is 0 Å². The molecule has 0 unspecified atom stereocenters. The van der Waals surface area contributed by atoms with E-state index in [1.807, 2.05) is 18.5 Å². The average Bonchev–Trinajstić information content (AvgIpc) is 2.43. The van der Waals surface area contributed by atoms with E-state index in [-0.39, 0.29) is 5.91 Å². The van der Waals surface area contributed by atoms with Crippen LogP contribution in [-0.4, -0.2) is 27.2 Å². The lowest BCUT2D eigenvalue weighted by atomic mass is 10.4. The van der Waals surface area contributed by atoms with Crippen molar-refractivity contribution >= 4 is 5.91 Å². The van der Waals surface area contributed by atoms with Crippen LogP contribution in [0.5, 0.6) is 0 Å². The maximum atomic E-state index is 10.4. The van der Waals surface area contributed by atoms with Gasteiger partial charge in [0.15, 0.2) is 0 Å². The van der Waals surface area contributed by atoms with Crippen molar-refractivity contribution in [2.24, 2.45) is 12.8 Å². The third-order valence-electron chi connectivity index (χ3n) is 2.01. The third-order valence-corrected chi connectivity index (χ3v) is 2.01. The summed E-state index contributed by atoms with van der Waals surface area (Å²) in [7, 11) is 1.90. The molecule has 0 fully saturated rings. The Morgan fingerprint density at radius 2 is 2.29 bits per heavy atom. The number of hydrogen-bond donors (Lipinski definition) is 2. The fraction of sp³-hybridized carbons (Fsp3) is 0.625. The number of carbonyl (C=O) groups excluding carboxylic acids is 1. The highest BCUT2D eigenvalue weighted by Crippen LogP contribution is 1.96. The zero-order valence-electron chi connectivity index (χ0n) is 8.45. The lowest BCUT2D eigenvalue weighted by Gasteiger charge is -2.02. The second-order valence-electron chi connectivity index (χ2n) is 3.12. The summed E-state index contributed by atoms with van der Waals surface area (Å²) in [6.45, 7) is 3.06. The largest absolute Gasteiger partial charge is 0.370 e. The summed E-state index contributed by atoms with van der Waals surface area (Å²) >= 11 is 0. The SMILES string of the molecule is Cc1nnc(CNCCC(N)=O)n1C. The highest BCUT2D eigenvalue weighted by Gasteiger charge is 2.03. The minimum atomic E-state index is -0.299. The van der Waals surface area contributed by atoms with Crippen LogP contribution in [-0.2, 0) is 18.4 Å². The van der Waals surface area contributed by atoms with Crippen molar-refractivity contribution in [1.29, 1.82) is 0 Å². The lowest BCUT2D eigenvalue weighted by Crippen LogP contribution is -2.22. The number of hydrogen-bond acceptors (Lipinski definition) is 4. The summed E-state index contributed by atoms with van der Waals surface area (Å²) in [4.78, 5) is 10.4. The number of nitrogens with one attached hydrogen (secondary N) is 1. The molecular formula is C8H15N5O. The Bertz CT molecular complexity index is 320. The first-order chi connectivity index (χ1) is 6.61. The standard InChI is InChI=1S/C8H15N5O/c1-6-11-12-8(13(6)2)5-10-4-3-7(9)14/h10H,3-5H2,1-2H3,(H2,9,14). The summed E-state index contributed by atoms with van der Waals surface area (Å²) in [6, 6.07) is 0. The Kier molecular flexibility index (Phi) is 3.58. The molecule has 6 nitrogen and oxygen atoms in total. The zero-order chi connectivity index (χ0) is 10.6. The molecule has 0 aliphatic rings. The number of aromatic nitrogens is 3. The van der Waals surface area contributed by atoms with Crippen LogP contribution in [0.15, 0.2) is 0 Å². The van der Waals surface area contributed by atoms with Crippen molar-refractivity contribution in [3.63, 3.8) is 0 Å². The molecule has 0 aromatic carbocycles. The number of aryl methyl sites for hydroxylation is 1. The van der Waals surface area contributed by atoms with Gasteiger partial charge in [-0.1, -0.05) is 0 Å². The Hall–Kier alpha value is -1.43. The van der Waals surface area contributed by atoms with E-state index in [9.17, 15) is 4.79 Å². The molecule has 0 saturated carbocycles. The minimum Gasteiger partial charge on any atom is -0.370 e. The number of nitrogens with zero attached hydrogens (tertiary/aromatic N) is 3. The van der Waals surface area contributed by atoms with Crippen molar-refractivity contribution in [1.82, 2.24) is 20.1 Å². The fourth-order valence-corrected chi connectivity index (χ4v) is 1.02. The Balaban J connectivity index is 2.31. The topological polar surface area (TPSA) is 85.8 Å². The van der Waals surface area contributed by atoms with Crippen LogP contribution >= 0.6 is 0 Å². The average molecular weight is 197 g/mol. The van der Waals surface area contributed by atoms with Crippen molar-refractivity contribution in [2.75, 3.05) is 6.54 Å². The summed E-state index contributed by atoms with van der Waals surface area (Å²) in [6.07, 6.45) is 0.344. The molecule has 1 amide bonds. The molecular weight excluding hydrogens is 182 g/mol. The predicted molar refractivity (Wildman–Crippen MR) is 51.3 cm³/mol. The van der Waals surface area contributed by atoms with E-state index < -0.39 is 0 Å². The maximum Gasteiger partial charge on any atom is 0.218 e. The van der Waals surface area contributed by atoms with Gasteiger partial charge >= 0.3 is 0 Å². The number of nitrogens with two attached hydrogens (primary N) is 1. The van der Waals surface area contributed by atoms with Crippen molar-refractivity contribution < 1.29 is 4.79 Å². The monoisotopic (exact) mass is 197 g/mol. The Labute approximate surface area is 82.5 Å². The minimum absolute atomic E-state index is 0.299. The Morgan fingerprint density at radius 3 is 2.79 bits per heavy atom. The van der Waals surface area contributed by atoms with Crippen molar-refractivity contribution in [3.8, 4) is 0 Å². The fourth-order valence-electron chi connectivity index (χ4n) is 1.02. The molecule has 6 heteroatoms. The summed E-state index contributed by atoms with van der Waals surface area (Å²) in [5.41, 5.74) is 4.99. The molecule has 1 rings (SSSR count). The Morgan fingerprint density at radius 1 is 1.57 bits per heavy atom. The molecule has 0 aliphatic heterocycles. The predicted octanol–water partition coefficient (Wildman–Crippen LogP) is -0.911. The zero-order valence-corrected chi connectivity index (χ0v) is 8.45. The second kappa shape index (κ2) is 4.71. The first-order valence-corrected chi connectivity index (χ1v) is 4.45. The molecule has 0 atom stereocenters. The molecule has 0 saturated heterocycles. The van der Waals surface area contributed by atoms with Gasteiger partial charge < -0.3 is 15.6 Å². The summed E-state index contributed by atoms with van der Waals surface area (Å²) in [5.74, 6) is 1.43. The van der Waals surface area contributed by atoms with Crippen LogP contribution in [0, 0.1) is 6.92 Å². The lowest BCUT2D eigenvalue weighted by molar-refractivity contribution is -0.117. The molecule has 0 radical (unpaired) electrons. The van der Waals surface area contributed by atoms with Gasteiger partial charge in [0, 0.05) is 20.0 Å². The molecule has 1 heterocycles. The van der Waals surface area contributed by atoms with E-state index in [4.69, 9.17) is 5.73 Å². The smallest absolute Gasteiger partial charge is 0.218 e. The summed E-state index contributed by atoms with van der Waals surface area (Å²) < 4.78 is 1.90. The number of amides is 1. The quantitative estimate of drug-likeness (QED) is 0.598. The number of primary amides is 1. The van der Waals surface area contributed by atoms with Gasteiger partial charge in [0.25, 0.3) is 0 Å². The van der Waals surface area contributed by atoms with Crippen LogP contribution < -0.4 is 11.1 Å². The van der Waals surface area contributed by atoms with Crippen LogP contribution in [0.4, 0.5) is 0 Å². The van der Waals surface area contributed by atoms with Crippen LogP contribution in [0.25, 0.3) is 0 Å². The third kappa shape index (κ3) is 2.81. The van der Waals surface area contributed by atoms with Crippen LogP contribution in [0.3, 0.4) is 0 Å². The van der Waals surface area contributed by atoms with E-state index in [1.165, 1.54) is 0 Å². The van der Waals surface area contributed by atoms with E-state index >= 15 is 0 Å². The van der Waals surface area contributed by atoms with Crippen LogP contribution in [0.1, 0.15) is 18.1 Å². The molecule has 0 bridgehead atoms. The molecule has 0 aliphatic carbocycles. The van der Waals surface area contributed by atoms with Crippen molar-refractivity contribution in [3.05, 3.63) is 11.6 Å². The van der Waals surface area contributed by atoms with Gasteiger partial charge in [-0.15, -0.1) is 10.2 Å². The van der Waals surface area contributed by atoms with Crippen molar-refractivity contribution in [2.45, 2.75) is 19.9 Å². The van der Waals surface area contributed by atoms with Crippen LogP contribution in [0.2, 0.25) is 0 Å². The van der Waals surface area contributed by atoms with Gasteiger partial charge in [-0.25, -0.2) is 0 Å². The van der Waals surface area contributed by atoms with Gasteiger partial charge in [0.2, 0.25) is 5.91 Å². The van der Waals surface area contributed by atoms with Gasteiger partial charge in [-0.3, -0.25) is 4.79 Å². The maximum absolute atomic E-state index is 10.4. The molecule has 0 spiro atoms. The number of carbonyl (C=O) groups is 1. The summed E-state index contributed by atoms with van der Waals surface area (Å²) in [5, 5.41) is 10.9. The van der Waals surface area contributed by atoms with E-state index in [1.54, 1.807) is 0 Å². The normalized spacial score (nSPS) is 10.4. The van der Waals surface area contributed by atoms with Gasteiger partial charge in [-0.05, 0) is 6.92 Å². The second-order valence-corrected chi connectivity index (χ2v) is 3.12.